The minimum absolute atomic E-state index is 0. The first-order valence-electron chi connectivity index (χ1n) is 13.0. The molecule has 0 fully saturated rings. The SMILES string of the molecule is C1=CCC(c2cc(-c3ccccc3)cc3c2[cH-]c2ccccc23)=C1.[Cl-].[Cl-].[Zr+2]=[C](c1ccccc1)c1ccccc1. The summed E-state index contributed by atoms with van der Waals surface area (Å²) in [5.74, 6) is 0. The molecule has 0 saturated carbocycles. The number of rotatable bonds is 4. The third kappa shape index (κ3) is 6.40. The van der Waals surface area contributed by atoms with Crippen molar-refractivity contribution in [3.8, 4) is 11.1 Å². The molecular formula is C37H27Cl2Zr-. The summed E-state index contributed by atoms with van der Waals surface area (Å²) in [6.07, 6.45) is 7.67. The van der Waals surface area contributed by atoms with Gasteiger partial charge in [-0.3, -0.25) is 0 Å². The molecule has 194 valence electrons. The van der Waals surface area contributed by atoms with Crippen LogP contribution >= 0.6 is 0 Å². The van der Waals surface area contributed by atoms with Gasteiger partial charge in [-0.15, -0.1) is 33.7 Å². The van der Waals surface area contributed by atoms with Gasteiger partial charge in [0, 0.05) is 0 Å². The Labute approximate surface area is 263 Å². The molecule has 7 rings (SSSR count). The van der Waals surface area contributed by atoms with Crippen molar-refractivity contribution < 1.29 is 49.0 Å². The molecule has 0 N–H and O–H groups in total. The third-order valence-corrected chi connectivity index (χ3v) is 8.50. The predicted octanol–water partition coefficient (Wildman–Crippen LogP) is 3.53. The van der Waals surface area contributed by atoms with Crippen LogP contribution in [0, 0.1) is 0 Å². The van der Waals surface area contributed by atoms with Gasteiger partial charge in [-0.25, -0.2) is 0 Å². The quantitative estimate of drug-likeness (QED) is 0.261. The van der Waals surface area contributed by atoms with E-state index >= 15 is 0 Å². The van der Waals surface area contributed by atoms with Gasteiger partial charge in [0.2, 0.25) is 0 Å². The number of fused-ring (bicyclic) bond motifs is 3. The molecule has 3 heteroatoms. The standard InChI is InChI=1S/C24H17.C13H10.2ClH.Zr/c1-2-8-17(9-3-1)20-15-22(18-10-4-5-11-18)24-14-19-12-6-7-13-21(19)23(24)16-20;1-3-7-12(8-4-1)11-13-9-5-2-6-10-13;;;/h1-10,12-16H,11H2;1-10H;2*1H;/q-1;;;;+2/p-2. The van der Waals surface area contributed by atoms with Gasteiger partial charge in [-0.2, -0.15) is 0 Å². The van der Waals surface area contributed by atoms with Crippen LogP contribution < -0.4 is 24.8 Å². The van der Waals surface area contributed by atoms with Crippen molar-refractivity contribution in [3.63, 3.8) is 0 Å². The molecule has 0 saturated heterocycles. The number of hydrogen-bond acceptors (Lipinski definition) is 0. The summed E-state index contributed by atoms with van der Waals surface area (Å²) < 4.78 is 1.42. The molecule has 0 bridgehead atoms. The molecule has 0 atom stereocenters. The molecule has 0 heterocycles. The molecule has 1 aliphatic rings. The molecule has 0 amide bonds. The summed E-state index contributed by atoms with van der Waals surface area (Å²) in [4.78, 5) is 0. The summed E-state index contributed by atoms with van der Waals surface area (Å²) in [5, 5.41) is 5.39. The van der Waals surface area contributed by atoms with Crippen molar-refractivity contribution in [1.82, 2.24) is 0 Å². The summed E-state index contributed by atoms with van der Waals surface area (Å²) >= 11 is 1.46. The van der Waals surface area contributed by atoms with Crippen LogP contribution in [0.25, 0.3) is 38.2 Å². The van der Waals surface area contributed by atoms with Gasteiger partial charge >= 0.3 is 99.2 Å². The van der Waals surface area contributed by atoms with E-state index < -0.39 is 0 Å². The summed E-state index contributed by atoms with van der Waals surface area (Å²) in [6, 6.07) is 47.5. The number of allylic oxidation sites excluding steroid dienone is 4. The summed E-state index contributed by atoms with van der Waals surface area (Å²) in [7, 11) is 0. The van der Waals surface area contributed by atoms with Gasteiger partial charge in [0.1, 0.15) is 0 Å². The van der Waals surface area contributed by atoms with E-state index in [0.29, 0.717) is 0 Å². The maximum atomic E-state index is 2.36. The molecule has 0 nitrogen and oxygen atoms in total. The Morgan fingerprint density at radius 1 is 0.600 bits per heavy atom. The van der Waals surface area contributed by atoms with E-state index in [0.717, 1.165) is 6.42 Å². The Morgan fingerprint density at radius 2 is 1.18 bits per heavy atom. The van der Waals surface area contributed by atoms with Gasteiger partial charge in [-0.1, -0.05) is 90.0 Å². The first-order chi connectivity index (χ1) is 18.8. The molecule has 1 aliphatic carbocycles. The zero-order valence-electron chi connectivity index (χ0n) is 21.9. The molecule has 0 aliphatic heterocycles. The van der Waals surface area contributed by atoms with E-state index in [1.165, 1.54) is 82.4 Å². The average molecular weight is 634 g/mol. The fourth-order valence-electron chi connectivity index (χ4n) is 5.14. The Balaban J connectivity index is 0.000000200. The van der Waals surface area contributed by atoms with E-state index in [1.807, 2.05) is 0 Å². The molecule has 0 aromatic heterocycles. The van der Waals surface area contributed by atoms with Crippen LogP contribution in [0.4, 0.5) is 0 Å². The zero-order valence-corrected chi connectivity index (χ0v) is 25.9. The molecule has 6 aromatic rings. The summed E-state index contributed by atoms with van der Waals surface area (Å²) in [5.41, 5.74) is 8.01. The minimum atomic E-state index is 0. The van der Waals surface area contributed by atoms with Crippen molar-refractivity contribution in [2.45, 2.75) is 6.42 Å². The van der Waals surface area contributed by atoms with E-state index in [9.17, 15) is 0 Å². The molecular weight excluding hydrogens is 607 g/mol. The monoisotopic (exact) mass is 631 g/mol. The fraction of sp³-hybridized carbons (Fsp3) is 0.0270. The van der Waals surface area contributed by atoms with Crippen LogP contribution in [-0.4, -0.2) is 3.21 Å². The van der Waals surface area contributed by atoms with E-state index in [2.05, 4.69) is 152 Å². The van der Waals surface area contributed by atoms with Crippen molar-refractivity contribution >= 4 is 30.3 Å². The average Bonchev–Trinajstić information content (AvgIpc) is 3.67. The number of hydrogen-bond donors (Lipinski definition) is 0. The van der Waals surface area contributed by atoms with Crippen LogP contribution in [0.5, 0.6) is 0 Å². The van der Waals surface area contributed by atoms with Crippen LogP contribution in [0.15, 0.2) is 152 Å². The molecule has 0 radical (unpaired) electrons. The Morgan fingerprint density at radius 3 is 1.77 bits per heavy atom. The summed E-state index contributed by atoms with van der Waals surface area (Å²) in [6.45, 7) is 0. The van der Waals surface area contributed by atoms with Gasteiger partial charge < -0.3 is 24.8 Å². The van der Waals surface area contributed by atoms with Gasteiger partial charge in [-0.05, 0) is 17.5 Å². The normalized spacial score (nSPS) is 11.7. The van der Waals surface area contributed by atoms with Crippen molar-refractivity contribution in [2.75, 3.05) is 0 Å². The maximum absolute atomic E-state index is 2.36. The predicted molar refractivity (Wildman–Crippen MR) is 160 cm³/mol. The Hall–Kier alpha value is -3.22. The van der Waals surface area contributed by atoms with E-state index in [1.54, 1.807) is 0 Å². The number of benzene rings is 5. The van der Waals surface area contributed by atoms with Crippen molar-refractivity contribution in [3.05, 3.63) is 168 Å². The fourth-order valence-corrected chi connectivity index (χ4v) is 5.96. The van der Waals surface area contributed by atoms with Crippen LogP contribution in [0.1, 0.15) is 23.1 Å². The van der Waals surface area contributed by atoms with Crippen LogP contribution in [0.3, 0.4) is 0 Å². The second kappa shape index (κ2) is 13.9. The second-order valence-corrected chi connectivity index (χ2v) is 10.7. The van der Waals surface area contributed by atoms with Crippen molar-refractivity contribution in [2.24, 2.45) is 0 Å². The first kappa shape index (κ1) is 29.8. The Kier molecular flexibility index (Phi) is 10.4. The zero-order chi connectivity index (χ0) is 25.7. The molecule has 40 heavy (non-hydrogen) atoms. The second-order valence-electron chi connectivity index (χ2n) is 9.51. The van der Waals surface area contributed by atoms with Crippen molar-refractivity contribution in [1.29, 1.82) is 0 Å². The van der Waals surface area contributed by atoms with Crippen LogP contribution in [-0.2, 0) is 24.2 Å². The topological polar surface area (TPSA) is 0 Å². The van der Waals surface area contributed by atoms with Crippen LogP contribution in [0.2, 0.25) is 0 Å². The molecule has 0 spiro atoms. The van der Waals surface area contributed by atoms with E-state index in [-0.39, 0.29) is 24.8 Å². The molecule has 0 unspecified atom stereocenters. The molecule has 6 aromatic carbocycles. The number of halogens is 2. The van der Waals surface area contributed by atoms with E-state index in [4.69, 9.17) is 0 Å². The first-order valence-corrected chi connectivity index (χ1v) is 14.2. The van der Waals surface area contributed by atoms with Gasteiger partial charge in [0.25, 0.3) is 0 Å². The third-order valence-electron chi connectivity index (χ3n) is 7.08. The Bertz CT molecular complexity index is 1740. The van der Waals surface area contributed by atoms with Gasteiger partial charge in [0.15, 0.2) is 0 Å². The van der Waals surface area contributed by atoms with Gasteiger partial charge in [0.05, 0.1) is 0 Å².